The molecule has 1 rings (SSSR count). The monoisotopic (exact) mass is 266 g/mol. The highest BCUT2D eigenvalue weighted by Gasteiger charge is 2.15. The molecule has 0 radical (unpaired) electrons. The molecule has 0 saturated carbocycles. The van der Waals surface area contributed by atoms with Gasteiger partial charge in [-0.05, 0) is 31.4 Å². The van der Waals surface area contributed by atoms with Crippen LogP contribution < -0.4 is 0 Å². The summed E-state index contributed by atoms with van der Waals surface area (Å²) in [4.78, 5) is 13.3. The number of thioether (sulfide) groups is 1. The largest absolute Gasteiger partial charge is 0.396 e. The van der Waals surface area contributed by atoms with E-state index in [0.29, 0.717) is 0 Å². The zero-order chi connectivity index (χ0) is 13.4. The summed E-state index contributed by atoms with van der Waals surface area (Å²) in [5.41, 5.74) is 0.815. The van der Waals surface area contributed by atoms with E-state index >= 15 is 0 Å². The Hall–Kier alpha value is -0.800. The van der Waals surface area contributed by atoms with Crippen LogP contribution in [0.2, 0.25) is 0 Å². The second kappa shape index (κ2) is 8.33. The Bertz CT molecular complexity index is 355. The number of carbonyl (C=O) groups is 1. The van der Waals surface area contributed by atoms with Crippen LogP contribution in [0.3, 0.4) is 0 Å². The molecule has 2 nitrogen and oxygen atoms in total. The van der Waals surface area contributed by atoms with E-state index in [2.05, 4.69) is 13.8 Å². The third-order valence-electron chi connectivity index (χ3n) is 3.07. The van der Waals surface area contributed by atoms with Crippen molar-refractivity contribution in [1.82, 2.24) is 0 Å². The van der Waals surface area contributed by atoms with Gasteiger partial charge in [0.2, 0.25) is 0 Å². The van der Waals surface area contributed by atoms with Crippen molar-refractivity contribution in [3.63, 3.8) is 0 Å². The summed E-state index contributed by atoms with van der Waals surface area (Å²) in [7, 11) is 0. The molecule has 0 spiro atoms. The van der Waals surface area contributed by atoms with Gasteiger partial charge in [0.15, 0.2) is 5.78 Å². The fourth-order valence-electron chi connectivity index (χ4n) is 1.87. The maximum atomic E-state index is 12.1. The van der Waals surface area contributed by atoms with E-state index in [-0.39, 0.29) is 18.3 Å². The minimum Gasteiger partial charge on any atom is -0.396 e. The van der Waals surface area contributed by atoms with Crippen molar-refractivity contribution in [2.24, 2.45) is 5.92 Å². The molecule has 100 valence electrons. The van der Waals surface area contributed by atoms with Crippen LogP contribution in [0.25, 0.3) is 0 Å². The Morgan fingerprint density at radius 1 is 1.22 bits per heavy atom. The minimum absolute atomic E-state index is 0.151. The molecular formula is C15H22O2S. The summed E-state index contributed by atoms with van der Waals surface area (Å²) in [5, 5.41) is 8.72. The van der Waals surface area contributed by atoms with Gasteiger partial charge >= 0.3 is 0 Å². The molecule has 0 fully saturated rings. The molecule has 1 N–H and O–H groups in total. The molecule has 0 atom stereocenters. The van der Waals surface area contributed by atoms with Crippen LogP contribution in [0.4, 0.5) is 0 Å². The zero-order valence-corrected chi connectivity index (χ0v) is 12.0. The Labute approximate surface area is 114 Å². The number of rotatable bonds is 8. The molecule has 18 heavy (non-hydrogen) atoms. The van der Waals surface area contributed by atoms with Crippen LogP contribution in [0.1, 0.15) is 43.5 Å². The van der Waals surface area contributed by atoms with Gasteiger partial charge in [-0.1, -0.05) is 26.0 Å². The number of benzene rings is 1. The summed E-state index contributed by atoms with van der Waals surface area (Å²) in [6, 6.07) is 7.83. The van der Waals surface area contributed by atoms with E-state index in [0.717, 1.165) is 35.5 Å². The number of aliphatic hydroxyl groups excluding tert-OH is 1. The maximum Gasteiger partial charge on any atom is 0.165 e. The highest BCUT2D eigenvalue weighted by atomic mass is 32.2. The summed E-state index contributed by atoms with van der Waals surface area (Å²) in [6.45, 7) is 4.36. The van der Waals surface area contributed by atoms with E-state index in [1.807, 2.05) is 24.3 Å². The number of aliphatic hydroxyl groups is 1. The Morgan fingerprint density at radius 2 is 1.83 bits per heavy atom. The molecule has 0 aliphatic carbocycles. The molecule has 0 aromatic heterocycles. The molecule has 0 aliphatic heterocycles. The van der Waals surface area contributed by atoms with Gasteiger partial charge in [-0.15, -0.1) is 11.8 Å². The first kappa shape index (κ1) is 15.3. The standard InChI is InChI=1S/C15H22O2S/c1-3-12(4-2)15(17)13-6-8-14(9-7-13)18-11-5-10-16/h6-9,12,16H,3-5,10-11H2,1-2H3. The van der Waals surface area contributed by atoms with E-state index in [1.54, 1.807) is 11.8 Å². The number of Topliss-reactive ketones (excluding diaryl/α,β-unsaturated/α-hetero) is 1. The highest BCUT2D eigenvalue weighted by Crippen LogP contribution is 2.21. The fourth-order valence-corrected chi connectivity index (χ4v) is 2.70. The predicted octanol–water partition coefficient (Wildman–Crippen LogP) is 3.78. The molecule has 0 aliphatic rings. The third-order valence-corrected chi connectivity index (χ3v) is 4.16. The van der Waals surface area contributed by atoms with Gasteiger partial charge in [0.05, 0.1) is 0 Å². The molecule has 1 aromatic carbocycles. The van der Waals surface area contributed by atoms with Crippen LogP contribution >= 0.6 is 11.8 Å². The molecule has 0 unspecified atom stereocenters. The lowest BCUT2D eigenvalue weighted by Gasteiger charge is -2.11. The van der Waals surface area contributed by atoms with Crippen molar-refractivity contribution in [3.05, 3.63) is 29.8 Å². The SMILES string of the molecule is CCC(CC)C(=O)c1ccc(SCCCO)cc1. The normalized spacial score (nSPS) is 10.9. The molecular weight excluding hydrogens is 244 g/mol. The third kappa shape index (κ3) is 4.46. The van der Waals surface area contributed by atoms with Crippen LogP contribution in [0, 0.1) is 5.92 Å². The quantitative estimate of drug-likeness (QED) is 0.442. The van der Waals surface area contributed by atoms with Gasteiger partial charge in [-0.25, -0.2) is 0 Å². The van der Waals surface area contributed by atoms with Crippen LogP contribution in [-0.2, 0) is 0 Å². The van der Waals surface area contributed by atoms with Crippen LogP contribution in [-0.4, -0.2) is 23.2 Å². The number of hydrogen-bond donors (Lipinski definition) is 1. The molecule has 0 amide bonds. The number of hydrogen-bond acceptors (Lipinski definition) is 3. The summed E-state index contributed by atoms with van der Waals surface area (Å²) in [5.74, 6) is 1.32. The average Bonchev–Trinajstić information content (AvgIpc) is 2.41. The lowest BCUT2D eigenvalue weighted by atomic mass is 9.93. The summed E-state index contributed by atoms with van der Waals surface area (Å²) in [6.07, 6.45) is 2.61. The summed E-state index contributed by atoms with van der Waals surface area (Å²) >= 11 is 1.71. The Morgan fingerprint density at radius 3 is 2.33 bits per heavy atom. The second-order valence-corrected chi connectivity index (χ2v) is 5.50. The van der Waals surface area contributed by atoms with Gasteiger partial charge in [0, 0.05) is 28.7 Å². The first-order valence-corrected chi connectivity index (χ1v) is 7.59. The zero-order valence-electron chi connectivity index (χ0n) is 11.2. The molecule has 0 saturated heterocycles. The lowest BCUT2D eigenvalue weighted by molar-refractivity contribution is 0.0913. The lowest BCUT2D eigenvalue weighted by Crippen LogP contribution is -2.12. The number of ketones is 1. The van der Waals surface area contributed by atoms with Crippen molar-refractivity contribution in [3.8, 4) is 0 Å². The van der Waals surface area contributed by atoms with Crippen molar-refractivity contribution in [1.29, 1.82) is 0 Å². The molecule has 0 bridgehead atoms. The smallest absolute Gasteiger partial charge is 0.165 e. The number of carbonyl (C=O) groups excluding carboxylic acids is 1. The molecule has 0 heterocycles. The molecule has 1 aromatic rings. The van der Waals surface area contributed by atoms with Gasteiger partial charge < -0.3 is 5.11 Å². The van der Waals surface area contributed by atoms with Crippen molar-refractivity contribution >= 4 is 17.5 Å². The fraction of sp³-hybridized carbons (Fsp3) is 0.533. The molecule has 3 heteroatoms. The van der Waals surface area contributed by atoms with E-state index in [1.165, 1.54) is 0 Å². The Kier molecular flexibility index (Phi) is 7.06. The first-order chi connectivity index (χ1) is 8.72. The van der Waals surface area contributed by atoms with Gasteiger partial charge in [0.1, 0.15) is 0 Å². The minimum atomic E-state index is 0.151. The van der Waals surface area contributed by atoms with E-state index < -0.39 is 0 Å². The predicted molar refractivity (Wildman–Crippen MR) is 77.3 cm³/mol. The summed E-state index contributed by atoms with van der Waals surface area (Å²) < 4.78 is 0. The van der Waals surface area contributed by atoms with E-state index in [9.17, 15) is 4.79 Å². The average molecular weight is 266 g/mol. The second-order valence-electron chi connectivity index (χ2n) is 4.33. The van der Waals surface area contributed by atoms with Crippen LogP contribution in [0.5, 0.6) is 0 Å². The first-order valence-electron chi connectivity index (χ1n) is 6.60. The Balaban J connectivity index is 2.61. The van der Waals surface area contributed by atoms with E-state index in [4.69, 9.17) is 5.11 Å². The van der Waals surface area contributed by atoms with Gasteiger partial charge in [0.25, 0.3) is 0 Å². The van der Waals surface area contributed by atoms with Gasteiger partial charge in [-0.2, -0.15) is 0 Å². The van der Waals surface area contributed by atoms with Crippen LogP contribution in [0.15, 0.2) is 29.2 Å². The highest BCUT2D eigenvalue weighted by molar-refractivity contribution is 7.99. The van der Waals surface area contributed by atoms with Crippen molar-refractivity contribution in [2.45, 2.75) is 38.0 Å². The maximum absolute atomic E-state index is 12.1. The topological polar surface area (TPSA) is 37.3 Å². The van der Waals surface area contributed by atoms with Crippen molar-refractivity contribution in [2.75, 3.05) is 12.4 Å². The van der Waals surface area contributed by atoms with Crippen molar-refractivity contribution < 1.29 is 9.90 Å². The van der Waals surface area contributed by atoms with Gasteiger partial charge in [-0.3, -0.25) is 4.79 Å².